The van der Waals surface area contributed by atoms with Crippen molar-refractivity contribution in [2.75, 3.05) is 32.7 Å². The van der Waals surface area contributed by atoms with E-state index in [9.17, 15) is 9.59 Å². The summed E-state index contributed by atoms with van der Waals surface area (Å²) in [6.07, 6.45) is 1.02. The lowest BCUT2D eigenvalue weighted by molar-refractivity contribution is 0.00299. The molecule has 0 radical (unpaired) electrons. The molecule has 2 aliphatic rings. The summed E-state index contributed by atoms with van der Waals surface area (Å²) < 4.78 is 11.0. The molecule has 0 aliphatic carbocycles. The molecule has 2 fully saturated rings. The van der Waals surface area contributed by atoms with Gasteiger partial charge in [0.1, 0.15) is 12.2 Å². The lowest BCUT2D eigenvalue weighted by atomic mass is 9.85. The zero-order valence-corrected chi connectivity index (χ0v) is 17.1. The Morgan fingerprint density at radius 2 is 1.71 bits per heavy atom. The molecule has 0 saturated carbocycles. The number of nitrogens with one attached hydrogen (secondary N) is 1. The minimum atomic E-state index is -0.499. The second-order valence-corrected chi connectivity index (χ2v) is 8.64. The van der Waals surface area contributed by atoms with Crippen molar-refractivity contribution in [3.8, 4) is 0 Å². The summed E-state index contributed by atoms with van der Waals surface area (Å²) in [6, 6.07) is 9.68. The number of hydrogen-bond donors (Lipinski definition) is 1. The molecule has 3 rings (SSSR count). The second kappa shape index (κ2) is 8.39. The summed E-state index contributed by atoms with van der Waals surface area (Å²) >= 11 is 0. The second-order valence-electron chi connectivity index (χ2n) is 8.64. The summed E-state index contributed by atoms with van der Waals surface area (Å²) in [4.78, 5) is 28.3. The van der Waals surface area contributed by atoms with Crippen LogP contribution in [0.2, 0.25) is 0 Å². The molecule has 7 nitrogen and oxygen atoms in total. The fraction of sp³-hybridized carbons (Fsp3) is 0.619. The molecule has 1 aromatic rings. The number of nitrogens with zero attached hydrogens (tertiary/aromatic N) is 2. The summed E-state index contributed by atoms with van der Waals surface area (Å²) in [5.41, 5.74) is 0.318. The van der Waals surface area contributed by atoms with Gasteiger partial charge in [0.25, 0.3) is 0 Å². The summed E-state index contributed by atoms with van der Waals surface area (Å²) in [6.45, 7) is 9.12. The maximum absolute atomic E-state index is 12.4. The van der Waals surface area contributed by atoms with Crippen molar-refractivity contribution in [2.45, 2.75) is 51.4 Å². The Kier molecular flexibility index (Phi) is 6.13. The molecule has 1 aromatic carbocycles. The van der Waals surface area contributed by atoms with Gasteiger partial charge < -0.3 is 24.6 Å². The van der Waals surface area contributed by atoms with Gasteiger partial charge in [-0.05, 0) is 39.2 Å². The fourth-order valence-electron chi connectivity index (χ4n) is 3.70. The Bertz CT molecular complexity index is 679. The van der Waals surface area contributed by atoms with Gasteiger partial charge in [-0.1, -0.05) is 30.3 Å². The molecule has 2 amide bonds. The molecule has 0 unspecified atom stereocenters. The molecule has 2 saturated heterocycles. The lowest BCUT2D eigenvalue weighted by Crippen LogP contribution is -2.65. The third-order valence-corrected chi connectivity index (χ3v) is 5.21. The predicted molar refractivity (Wildman–Crippen MR) is 106 cm³/mol. The number of hydrogen-bond acceptors (Lipinski definition) is 5. The van der Waals surface area contributed by atoms with Crippen LogP contribution in [0.1, 0.15) is 39.2 Å². The van der Waals surface area contributed by atoms with Crippen molar-refractivity contribution < 1.29 is 19.1 Å². The van der Waals surface area contributed by atoms with Crippen molar-refractivity contribution in [3.63, 3.8) is 0 Å². The van der Waals surface area contributed by atoms with Crippen LogP contribution >= 0.6 is 0 Å². The Labute approximate surface area is 167 Å². The molecule has 2 heterocycles. The molecule has 2 aliphatic heterocycles. The highest BCUT2D eigenvalue weighted by atomic mass is 16.6. The van der Waals surface area contributed by atoms with Crippen LogP contribution in [-0.2, 0) is 16.1 Å². The monoisotopic (exact) mass is 389 g/mol. The summed E-state index contributed by atoms with van der Waals surface area (Å²) in [5.74, 6) is 0. The van der Waals surface area contributed by atoms with Crippen molar-refractivity contribution >= 4 is 12.2 Å². The van der Waals surface area contributed by atoms with E-state index in [1.807, 2.05) is 51.1 Å². The number of rotatable bonds is 2. The van der Waals surface area contributed by atoms with E-state index in [-0.39, 0.29) is 24.3 Å². The molecule has 0 atom stereocenters. The molecule has 28 heavy (non-hydrogen) atoms. The first-order valence-electron chi connectivity index (χ1n) is 9.95. The van der Waals surface area contributed by atoms with E-state index in [1.54, 1.807) is 9.80 Å². The van der Waals surface area contributed by atoms with Crippen LogP contribution in [0.4, 0.5) is 9.59 Å². The van der Waals surface area contributed by atoms with E-state index in [1.165, 1.54) is 0 Å². The Balaban J connectivity index is 1.49. The molecule has 1 N–H and O–H groups in total. The number of carbonyl (C=O) groups is 2. The topological polar surface area (TPSA) is 71.1 Å². The third kappa shape index (κ3) is 5.38. The molecule has 7 heteroatoms. The first-order valence-corrected chi connectivity index (χ1v) is 9.95. The highest BCUT2D eigenvalue weighted by Gasteiger charge is 2.41. The van der Waals surface area contributed by atoms with Crippen molar-refractivity contribution in [2.24, 2.45) is 0 Å². The molecule has 0 aromatic heterocycles. The number of piperazine rings is 1. The lowest BCUT2D eigenvalue weighted by Gasteiger charge is -2.47. The minimum Gasteiger partial charge on any atom is -0.445 e. The number of carbonyl (C=O) groups excluding carboxylic acids is 2. The van der Waals surface area contributed by atoms with Gasteiger partial charge in [-0.3, -0.25) is 0 Å². The minimum absolute atomic E-state index is 0.161. The van der Waals surface area contributed by atoms with Crippen LogP contribution in [0, 0.1) is 0 Å². The highest BCUT2D eigenvalue weighted by molar-refractivity contribution is 5.69. The van der Waals surface area contributed by atoms with Gasteiger partial charge in [0, 0.05) is 38.3 Å². The van der Waals surface area contributed by atoms with Crippen LogP contribution in [0.25, 0.3) is 0 Å². The van der Waals surface area contributed by atoms with Crippen molar-refractivity contribution in [1.82, 2.24) is 15.1 Å². The van der Waals surface area contributed by atoms with Crippen molar-refractivity contribution in [3.05, 3.63) is 35.9 Å². The summed E-state index contributed by atoms with van der Waals surface area (Å²) in [5, 5.41) is 3.57. The van der Waals surface area contributed by atoms with E-state index >= 15 is 0 Å². The predicted octanol–water partition coefficient (Wildman–Crippen LogP) is 3.00. The largest absolute Gasteiger partial charge is 0.445 e. The maximum Gasteiger partial charge on any atom is 0.410 e. The molecule has 0 bridgehead atoms. The fourth-order valence-corrected chi connectivity index (χ4v) is 3.70. The number of amides is 2. The van der Waals surface area contributed by atoms with E-state index in [2.05, 4.69) is 5.32 Å². The van der Waals surface area contributed by atoms with Crippen LogP contribution in [-0.4, -0.2) is 65.9 Å². The van der Waals surface area contributed by atoms with Crippen LogP contribution in [0.3, 0.4) is 0 Å². The van der Waals surface area contributed by atoms with Crippen LogP contribution in [0.5, 0.6) is 0 Å². The molecular formula is C21H31N3O4. The number of piperidine rings is 1. The Morgan fingerprint density at radius 3 is 2.36 bits per heavy atom. The first-order chi connectivity index (χ1) is 13.3. The first kappa shape index (κ1) is 20.5. The number of benzene rings is 1. The zero-order chi connectivity index (χ0) is 20.2. The van der Waals surface area contributed by atoms with Crippen LogP contribution < -0.4 is 5.32 Å². The van der Waals surface area contributed by atoms with E-state index in [4.69, 9.17) is 9.47 Å². The average molecular weight is 389 g/mol. The Hall–Kier alpha value is -2.28. The van der Waals surface area contributed by atoms with Gasteiger partial charge in [0.05, 0.1) is 0 Å². The van der Waals surface area contributed by atoms with Gasteiger partial charge in [-0.2, -0.15) is 0 Å². The van der Waals surface area contributed by atoms with Crippen LogP contribution in [0.15, 0.2) is 30.3 Å². The summed E-state index contributed by atoms with van der Waals surface area (Å²) in [7, 11) is 0. The smallest absolute Gasteiger partial charge is 0.410 e. The highest BCUT2D eigenvalue weighted by Crippen LogP contribution is 2.27. The zero-order valence-electron chi connectivity index (χ0n) is 17.1. The standard InChI is InChI=1S/C21H31N3O4/c1-20(2,3)28-19(26)24-14-11-22-21(16-24)9-12-23(13-10-21)18(25)27-15-17-7-5-4-6-8-17/h4-8,22H,9-16H2,1-3H3. The average Bonchev–Trinajstić information content (AvgIpc) is 2.66. The van der Waals surface area contributed by atoms with Gasteiger partial charge in [-0.15, -0.1) is 0 Å². The number of ether oxygens (including phenoxy) is 2. The quantitative estimate of drug-likeness (QED) is 0.842. The van der Waals surface area contributed by atoms with E-state index < -0.39 is 5.60 Å². The van der Waals surface area contributed by atoms with E-state index in [0.717, 1.165) is 24.9 Å². The molecule has 154 valence electrons. The number of likely N-dealkylation sites (tertiary alicyclic amines) is 1. The van der Waals surface area contributed by atoms with Gasteiger partial charge in [0.2, 0.25) is 0 Å². The van der Waals surface area contributed by atoms with Gasteiger partial charge in [0.15, 0.2) is 0 Å². The normalized spacial score (nSPS) is 19.4. The third-order valence-electron chi connectivity index (χ3n) is 5.21. The van der Waals surface area contributed by atoms with E-state index in [0.29, 0.717) is 26.2 Å². The Morgan fingerprint density at radius 1 is 1.04 bits per heavy atom. The SMILES string of the molecule is CC(C)(C)OC(=O)N1CCNC2(CCN(C(=O)OCc3ccccc3)CC2)C1. The maximum atomic E-state index is 12.4. The van der Waals surface area contributed by atoms with Gasteiger partial charge >= 0.3 is 12.2 Å². The molecular weight excluding hydrogens is 358 g/mol. The molecule has 1 spiro atoms. The van der Waals surface area contributed by atoms with Gasteiger partial charge in [-0.25, -0.2) is 9.59 Å². The van der Waals surface area contributed by atoms with Crippen molar-refractivity contribution in [1.29, 1.82) is 0 Å².